The van der Waals surface area contributed by atoms with Crippen molar-refractivity contribution < 1.29 is 0 Å². The van der Waals surface area contributed by atoms with E-state index in [-0.39, 0.29) is 0 Å². The van der Waals surface area contributed by atoms with E-state index in [9.17, 15) is 0 Å². The number of fused-ring (bicyclic) bond motifs is 1. The fraction of sp³-hybridized carbons (Fsp3) is 0.438. The summed E-state index contributed by atoms with van der Waals surface area (Å²) in [7, 11) is 2.08. The molecule has 0 aliphatic heterocycles. The maximum atomic E-state index is 4.22. The van der Waals surface area contributed by atoms with Gasteiger partial charge in [-0.05, 0) is 49.2 Å². The Bertz CT molecular complexity index is 530. The van der Waals surface area contributed by atoms with E-state index in [1.54, 1.807) is 0 Å². The van der Waals surface area contributed by atoms with E-state index in [2.05, 4.69) is 41.6 Å². The Kier molecular flexibility index (Phi) is 3.28. The minimum absolute atomic E-state index is 0.681. The fourth-order valence-electron chi connectivity index (χ4n) is 3.24. The summed E-state index contributed by atoms with van der Waals surface area (Å²) in [5, 5.41) is 6.09. The highest BCUT2D eigenvalue weighted by atomic mass is 14.9. The maximum absolute atomic E-state index is 4.22. The van der Waals surface area contributed by atoms with Crippen LogP contribution in [0.5, 0.6) is 0 Å². The lowest BCUT2D eigenvalue weighted by atomic mass is 9.80. The van der Waals surface area contributed by atoms with Crippen molar-refractivity contribution in [3.63, 3.8) is 0 Å². The molecule has 0 bridgehead atoms. The van der Waals surface area contributed by atoms with Crippen LogP contribution in [-0.4, -0.2) is 18.1 Å². The summed E-state index contributed by atoms with van der Waals surface area (Å²) in [6.45, 7) is 0. The third kappa shape index (κ3) is 2.13. The van der Waals surface area contributed by atoms with Crippen molar-refractivity contribution >= 4 is 10.8 Å². The summed E-state index contributed by atoms with van der Waals surface area (Å²) >= 11 is 0. The number of hydrogen-bond donors (Lipinski definition) is 1. The predicted molar refractivity (Wildman–Crippen MR) is 75.8 cm³/mol. The highest BCUT2D eigenvalue weighted by Crippen LogP contribution is 2.36. The van der Waals surface area contributed by atoms with E-state index in [4.69, 9.17) is 0 Å². The highest BCUT2D eigenvalue weighted by Gasteiger charge is 2.23. The van der Waals surface area contributed by atoms with Gasteiger partial charge in [0.25, 0.3) is 0 Å². The summed E-state index contributed by atoms with van der Waals surface area (Å²) in [6, 6.07) is 9.46. The second kappa shape index (κ2) is 5.07. The van der Waals surface area contributed by atoms with Gasteiger partial charge in [0.15, 0.2) is 0 Å². The van der Waals surface area contributed by atoms with Gasteiger partial charge in [-0.25, -0.2) is 0 Å². The van der Waals surface area contributed by atoms with Crippen molar-refractivity contribution in [3.05, 3.63) is 42.2 Å². The lowest BCUT2D eigenvalue weighted by molar-refractivity contribution is 0.356. The second-order valence-electron chi connectivity index (χ2n) is 5.29. The van der Waals surface area contributed by atoms with Crippen LogP contribution < -0.4 is 5.32 Å². The van der Waals surface area contributed by atoms with E-state index in [1.807, 2.05) is 12.4 Å². The molecular weight excluding hydrogens is 220 g/mol. The normalized spacial score (nSPS) is 24.3. The van der Waals surface area contributed by atoms with Crippen LogP contribution in [-0.2, 0) is 0 Å². The zero-order valence-corrected chi connectivity index (χ0v) is 10.9. The Labute approximate surface area is 108 Å². The molecule has 0 saturated heterocycles. The van der Waals surface area contributed by atoms with Gasteiger partial charge < -0.3 is 5.32 Å². The lowest BCUT2D eigenvalue weighted by Gasteiger charge is -2.29. The average molecular weight is 240 g/mol. The molecule has 2 atom stereocenters. The molecular formula is C16H20N2. The van der Waals surface area contributed by atoms with Crippen LogP contribution in [0.25, 0.3) is 10.8 Å². The number of pyridine rings is 1. The van der Waals surface area contributed by atoms with Crippen LogP contribution in [0.4, 0.5) is 0 Å². The van der Waals surface area contributed by atoms with Gasteiger partial charge in [-0.15, -0.1) is 0 Å². The van der Waals surface area contributed by atoms with Gasteiger partial charge in [0, 0.05) is 23.8 Å². The molecule has 3 rings (SSSR count). The lowest BCUT2D eigenvalue weighted by Crippen LogP contribution is -2.30. The van der Waals surface area contributed by atoms with Crippen LogP contribution in [0.15, 0.2) is 36.7 Å². The van der Waals surface area contributed by atoms with E-state index in [0.717, 1.165) is 0 Å². The molecule has 0 amide bonds. The highest BCUT2D eigenvalue weighted by molar-refractivity contribution is 5.85. The molecule has 0 radical (unpaired) electrons. The first kappa shape index (κ1) is 11.7. The molecule has 1 aliphatic carbocycles. The third-order valence-electron chi connectivity index (χ3n) is 4.24. The number of benzene rings is 1. The largest absolute Gasteiger partial charge is 0.317 e. The molecule has 2 heteroatoms. The van der Waals surface area contributed by atoms with Gasteiger partial charge in [-0.1, -0.05) is 24.6 Å². The minimum atomic E-state index is 0.681. The van der Waals surface area contributed by atoms with E-state index < -0.39 is 0 Å². The molecule has 2 aromatic rings. The van der Waals surface area contributed by atoms with Crippen molar-refractivity contribution in [1.82, 2.24) is 10.3 Å². The molecule has 2 nitrogen and oxygen atoms in total. The van der Waals surface area contributed by atoms with Crippen molar-refractivity contribution in [2.75, 3.05) is 7.05 Å². The second-order valence-corrected chi connectivity index (χ2v) is 5.29. The minimum Gasteiger partial charge on any atom is -0.317 e. The van der Waals surface area contributed by atoms with E-state index in [1.165, 1.54) is 42.0 Å². The summed E-state index contributed by atoms with van der Waals surface area (Å²) in [6.07, 6.45) is 9.11. The first-order chi connectivity index (χ1) is 8.88. The molecule has 1 heterocycles. The SMILES string of the molecule is CNC1CCCC(c2cccc3cnccc23)C1. The van der Waals surface area contributed by atoms with Crippen molar-refractivity contribution in [2.45, 2.75) is 37.6 Å². The molecule has 1 aliphatic rings. The number of nitrogens with one attached hydrogen (secondary N) is 1. The monoisotopic (exact) mass is 240 g/mol. The van der Waals surface area contributed by atoms with Crippen LogP contribution in [0.2, 0.25) is 0 Å². The summed E-state index contributed by atoms with van der Waals surface area (Å²) in [5.74, 6) is 0.697. The van der Waals surface area contributed by atoms with Gasteiger partial charge in [-0.2, -0.15) is 0 Å². The molecule has 2 unspecified atom stereocenters. The topological polar surface area (TPSA) is 24.9 Å². The van der Waals surface area contributed by atoms with Crippen molar-refractivity contribution in [2.24, 2.45) is 0 Å². The zero-order valence-electron chi connectivity index (χ0n) is 10.9. The first-order valence-electron chi connectivity index (χ1n) is 6.88. The van der Waals surface area contributed by atoms with Gasteiger partial charge in [0.05, 0.1) is 0 Å². The van der Waals surface area contributed by atoms with Crippen LogP contribution in [0.3, 0.4) is 0 Å². The predicted octanol–water partition coefficient (Wildman–Crippen LogP) is 3.48. The Hall–Kier alpha value is -1.41. The van der Waals surface area contributed by atoms with Gasteiger partial charge in [0.2, 0.25) is 0 Å². The third-order valence-corrected chi connectivity index (χ3v) is 4.24. The van der Waals surface area contributed by atoms with Crippen LogP contribution in [0, 0.1) is 0 Å². The smallest absolute Gasteiger partial charge is 0.0346 e. The number of aromatic nitrogens is 1. The van der Waals surface area contributed by atoms with Crippen LogP contribution >= 0.6 is 0 Å². The Morgan fingerprint density at radius 1 is 1.22 bits per heavy atom. The van der Waals surface area contributed by atoms with Gasteiger partial charge in [0.1, 0.15) is 0 Å². The van der Waals surface area contributed by atoms with Crippen molar-refractivity contribution in [3.8, 4) is 0 Å². The molecule has 0 spiro atoms. The Morgan fingerprint density at radius 2 is 2.17 bits per heavy atom. The van der Waals surface area contributed by atoms with Crippen molar-refractivity contribution in [1.29, 1.82) is 0 Å². The zero-order chi connectivity index (χ0) is 12.4. The molecule has 1 aromatic heterocycles. The van der Waals surface area contributed by atoms with E-state index >= 15 is 0 Å². The van der Waals surface area contributed by atoms with E-state index in [0.29, 0.717) is 12.0 Å². The number of nitrogens with zero attached hydrogens (tertiary/aromatic N) is 1. The van der Waals surface area contributed by atoms with Crippen LogP contribution in [0.1, 0.15) is 37.2 Å². The summed E-state index contributed by atoms with van der Waals surface area (Å²) in [4.78, 5) is 4.22. The molecule has 1 N–H and O–H groups in total. The molecule has 1 aromatic carbocycles. The van der Waals surface area contributed by atoms with Gasteiger partial charge in [-0.3, -0.25) is 4.98 Å². The standard InChI is InChI=1S/C16H20N2/c1-17-14-6-2-4-12(10-14)15-7-3-5-13-11-18-9-8-16(13)15/h3,5,7-9,11-12,14,17H,2,4,6,10H2,1H3. The number of rotatable bonds is 2. The molecule has 94 valence electrons. The summed E-state index contributed by atoms with van der Waals surface area (Å²) < 4.78 is 0. The quantitative estimate of drug-likeness (QED) is 0.869. The molecule has 1 fully saturated rings. The summed E-state index contributed by atoms with van der Waals surface area (Å²) in [5.41, 5.74) is 1.51. The number of hydrogen-bond acceptors (Lipinski definition) is 2. The average Bonchev–Trinajstić information content (AvgIpc) is 2.47. The Morgan fingerprint density at radius 3 is 3.06 bits per heavy atom. The maximum Gasteiger partial charge on any atom is 0.0346 e. The Balaban J connectivity index is 1.98. The molecule has 18 heavy (non-hydrogen) atoms. The fourth-order valence-corrected chi connectivity index (χ4v) is 3.24. The van der Waals surface area contributed by atoms with Gasteiger partial charge >= 0.3 is 0 Å². The first-order valence-corrected chi connectivity index (χ1v) is 6.88. The molecule has 1 saturated carbocycles.